The maximum absolute atomic E-state index is 13.4. The van der Waals surface area contributed by atoms with Gasteiger partial charge < -0.3 is 10.1 Å². The number of benzene rings is 2. The van der Waals surface area contributed by atoms with Crippen molar-refractivity contribution >= 4 is 29.4 Å². The number of nitrogens with one attached hydrogen (secondary N) is 1. The molecule has 7 nitrogen and oxygen atoms in total. The first-order chi connectivity index (χ1) is 16.8. The highest BCUT2D eigenvalue weighted by molar-refractivity contribution is 6.09. The molecule has 1 saturated heterocycles. The molecule has 2 aromatic rings. The van der Waals surface area contributed by atoms with Crippen LogP contribution in [-0.4, -0.2) is 41.2 Å². The van der Waals surface area contributed by atoms with E-state index in [1.54, 1.807) is 0 Å². The van der Waals surface area contributed by atoms with Crippen LogP contribution in [0.1, 0.15) is 23.1 Å². The summed E-state index contributed by atoms with van der Waals surface area (Å²) in [6.45, 7) is 3.35. The van der Waals surface area contributed by atoms with E-state index in [-0.39, 0.29) is 30.1 Å². The minimum Gasteiger partial charge on any atom is -0.454 e. The molecule has 0 unspecified atom stereocenters. The number of aryl methyl sites for hydroxylation is 2. The fourth-order valence-corrected chi connectivity index (χ4v) is 5.83. The van der Waals surface area contributed by atoms with Gasteiger partial charge in [-0.3, -0.25) is 19.3 Å². The van der Waals surface area contributed by atoms with Crippen molar-refractivity contribution in [2.75, 3.05) is 11.9 Å². The number of ether oxygens (including phenoxy) is 1. The zero-order chi connectivity index (χ0) is 24.7. The number of nitrogens with zero attached hydrogens (tertiary/aromatic N) is 1. The summed E-state index contributed by atoms with van der Waals surface area (Å²) in [5, 5.41) is 2.74. The minimum absolute atomic E-state index is 0.0448. The molecule has 35 heavy (non-hydrogen) atoms. The van der Waals surface area contributed by atoms with Gasteiger partial charge in [0.25, 0.3) is 5.91 Å². The zero-order valence-corrected chi connectivity index (χ0v) is 19.8. The number of carbonyl (C=O) groups excluding carboxylic acids is 4. The minimum atomic E-state index is -1.11. The highest BCUT2D eigenvalue weighted by atomic mass is 16.5. The molecule has 5 rings (SSSR count). The molecule has 2 bridgehead atoms. The number of imide groups is 1. The second kappa shape index (κ2) is 9.13. The van der Waals surface area contributed by atoms with Gasteiger partial charge in [-0.1, -0.05) is 48.6 Å². The number of amides is 3. The average molecular weight is 473 g/mol. The molecule has 2 aromatic carbocycles. The SMILES string of the molecule is Cc1cc(C)cc(NC(=O)COC(=O)[C@H](Cc2ccccc2)N2C(=O)[C@H]3[C@H](C2=O)[C@H]2C=C[C@H]3C2)c1. The quantitative estimate of drug-likeness (QED) is 0.380. The van der Waals surface area contributed by atoms with Crippen LogP contribution in [-0.2, 0) is 30.3 Å². The number of carbonyl (C=O) groups is 4. The van der Waals surface area contributed by atoms with Crippen LogP contribution in [0.15, 0.2) is 60.7 Å². The highest BCUT2D eigenvalue weighted by Crippen LogP contribution is 2.53. The largest absolute Gasteiger partial charge is 0.454 e. The molecule has 1 aliphatic heterocycles. The molecule has 2 fully saturated rings. The molecule has 0 spiro atoms. The molecular weight excluding hydrogens is 444 g/mol. The van der Waals surface area contributed by atoms with Gasteiger partial charge in [0, 0.05) is 12.1 Å². The van der Waals surface area contributed by atoms with E-state index in [2.05, 4.69) is 5.32 Å². The molecule has 0 radical (unpaired) electrons. The molecule has 5 atom stereocenters. The first-order valence-corrected chi connectivity index (χ1v) is 12.0. The van der Waals surface area contributed by atoms with Crippen LogP contribution in [0.25, 0.3) is 0 Å². The van der Waals surface area contributed by atoms with Crippen LogP contribution in [0.2, 0.25) is 0 Å². The summed E-state index contributed by atoms with van der Waals surface area (Å²) < 4.78 is 5.36. The van der Waals surface area contributed by atoms with Crippen LogP contribution in [0.3, 0.4) is 0 Å². The Kier molecular flexibility index (Phi) is 6.01. The van der Waals surface area contributed by atoms with Crippen LogP contribution in [0, 0.1) is 37.5 Å². The van der Waals surface area contributed by atoms with Crippen molar-refractivity contribution in [1.82, 2.24) is 4.90 Å². The van der Waals surface area contributed by atoms with E-state index >= 15 is 0 Å². The van der Waals surface area contributed by atoms with E-state index < -0.39 is 36.4 Å². The topological polar surface area (TPSA) is 92.8 Å². The third-order valence-electron chi connectivity index (χ3n) is 7.21. The number of esters is 1. The summed E-state index contributed by atoms with van der Waals surface area (Å²) in [6, 6.07) is 13.7. The molecule has 1 N–H and O–H groups in total. The molecule has 2 aliphatic carbocycles. The molecule has 0 aromatic heterocycles. The number of likely N-dealkylation sites (tertiary alicyclic amines) is 1. The van der Waals surface area contributed by atoms with Gasteiger partial charge in [-0.15, -0.1) is 0 Å². The normalized spacial score (nSPS) is 25.0. The Bertz CT molecular complexity index is 1170. The molecule has 3 amide bonds. The smallest absolute Gasteiger partial charge is 0.330 e. The van der Waals surface area contributed by atoms with Crippen molar-refractivity contribution in [2.24, 2.45) is 23.7 Å². The van der Waals surface area contributed by atoms with Gasteiger partial charge in [0.05, 0.1) is 11.8 Å². The Morgan fingerprint density at radius 1 is 0.971 bits per heavy atom. The Morgan fingerprint density at radius 3 is 2.17 bits per heavy atom. The lowest BCUT2D eigenvalue weighted by atomic mass is 9.85. The maximum Gasteiger partial charge on any atom is 0.330 e. The summed E-state index contributed by atoms with van der Waals surface area (Å²) in [4.78, 5) is 53.5. The highest BCUT2D eigenvalue weighted by Gasteiger charge is 2.61. The van der Waals surface area contributed by atoms with Crippen LogP contribution in [0.5, 0.6) is 0 Å². The van der Waals surface area contributed by atoms with Crippen molar-refractivity contribution < 1.29 is 23.9 Å². The summed E-state index contributed by atoms with van der Waals surface area (Å²) in [7, 11) is 0. The van der Waals surface area contributed by atoms with Crippen molar-refractivity contribution in [2.45, 2.75) is 32.7 Å². The Labute approximate surface area is 204 Å². The molecule has 1 saturated carbocycles. The van der Waals surface area contributed by atoms with E-state index in [1.807, 2.05) is 74.5 Å². The van der Waals surface area contributed by atoms with Gasteiger partial charge in [-0.25, -0.2) is 4.79 Å². The first kappa shape index (κ1) is 23.0. The van der Waals surface area contributed by atoms with E-state index in [9.17, 15) is 19.2 Å². The predicted octanol–water partition coefficient (Wildman–Crippen LogP) is 3.20. The molecule has 7 heteroatoms. The van der Waals surface area contributed by atoms with Gasteiger partial charge >= 0.3 is 5.97 Å². The lowest BCUT2D eigenvalue weighted by molar-refractivity contribution is -0.160. The number of rotatable bonds is 7. The number of anilines is 1. The van der Waals surface area contributed by atoms with Crippen LogP contribution in [0.4, 0.5) is 5.69 Å². The second-order valence-electron chi connectivity index (χ2n) is 9.78. The molecule has 180 valence electrons. The molecular formula is C28H28N2O5. The third kappa shape index (κ3) is 4.38. The number of allylic oxidation sites excluding steroid dienone is 2. The number of hydrogen-bond acceptors (Lipinski definition) is 5. The van der Waals surface area contributed by atoms with Crippen molar-refractivity contribution in [1.29, 1.82) is 0 Å². The zero-order valence-electron chi connectivity index (χ0n) is 19.8. The van der Waals surface area contributed by atoms with Crippen LogP contribution >= 0.6 is 0 Å². The second-order valence-corrected chi connectivity index (χ2v) is 9.78. The summed E-state index contributed by atoms with van der Waals surface area (Å²) >= 11 is 0. The van der Waals surface area contributed by atoms with E-state index in [4.69, 9.17) is 4.74 Å². The standard InChI is InChI=1S/C28H28N2O5/c1-16-10-17(2)12-21(11-16)29-23(31)15-35-28(34)22(13-18-6-4-3-5-7-18)30-26(32)24-19-8-9-20(14-19)25(24)27(30)33/h3-12,19-20,22,24-25H,13-15H2,1-2H3,(H,29,31)/t19-,20-,22-,24+,25+/m0/s1. The van der Waals surface area contributed by atoms with Gasteiger partial charge in [0.15, 0.2) is 6.61 Å². The summed E-state index contributed by atoms with van der Waals surface area (Å²) in [6.07, 6.45) is 4.98. The van der Waals surface area contributed by atoms with E-state index in [0.29, 0.717) is 5.69 Å². The van der Waals surface area contributed by atoms with Crippen LogP contribution < -0.4 is 5.32 Å². The van der Waals surface area contributed by atoms with Crippen molar-refractivity contribution in [3.63, 3.8) is 0 Å². The fraction of sp³-hybridized carbons (Fsp3) is 0.357. The van der Waals surface area contributed by atoms with Crippen molar-refractivity contribution in [3.8, 4) is 0 Å². The monoisotopic (exact) mass is 472 g/mol. The van der Waals surface area contributed by atoms with Crippen molar-refractivity contribution in [3.05, 3.63) is 77.4 Å². The molecule has 3 aliphatic rings. The third-order valence-corrected chi connectivity index (χ3v) is 7.21. The lowest BCUT2D eigenvalue weighted by Crippen LogP contribution is -2.48. The van der Waals surface area contributed by atoms with E-state index in [1.165, 1.54) is 0 Å². The predicted molar refractivity (Wildman–Crippen MR) is 129 cm³/mol. The summed E-state index contributed by atoms with van der Waals surface area (Å²) in [5.74, 6) is -2.59. The van der Waals surface area contributed by atoms with Gasteiger partial charge in [-0.05, 0) is 60.9 Å². The van der Waals surface area contributed by atoms with Gasteiger partial charge in [0.2, 0.25) is 11.8 Å². The van der Waals surface area contributed by atoms with Gasteiger partial charge in [-0.2, -0.15) is 0 Å². The first-order valence-electron chi connectivity index (χ1n) is 12.0. The molecule has 1 heterocycles. The Morgan fingerprint density at radius 2 is 1.57 bits per heavy atom. The number of fused-ring (bicyclic) bond motifs is 5. The van der Waals surface area contributed by atoms with E-state index in [0.717, 1.165) is 28.0 Å². The fourth-order valence-electron chi connectivity index (χ4n) is 5.83. The number of hydrogen-bond donors (Lipinski definition) is 1. The lowest BCUT2D eigenvalue weighted by Gasteiger charge is -2.26. The summed E-state index contributed by atoms with van der Waals surface area (Å²) in [5.41, 5.74) is 3.42. The Balaban J connectivity index is 1.32. The maximum atomic E-state index is 13.4. The van der Waals surface area contributed by atoms with Gasteiger partial charge in [0.1, 0.15) is 6.04 Å². The Hall–Kier alpha value is -3.74. The average Bonchev–Trinajstić information content (AvgIpc) is 3.50.